The van der Waals surface area contributed by atoms with E-state index in [2.05, 4.69) is 4.90 Å². The molecule has 2 N–H and O–H groups in total. The van der Waals surface area contributed by atoms with Crippen LogP contribution in [-0.4, -0.2) is 56.1 Å². The maximum Gasteiger partial charge on any atom is 0.253 e. The monoisotopic (exact) mass is 317 g/mol. The van der Waals surface area contributed by atoms with Crippen LogP contribution in [0.2, 0.25) is 0 Å². The Kier molecular flexibility index (Phi) is 4.52. The minimum Gasteiger partial charge on any atom is -0.378 e. The fourth-order valence-corrected chi connectivity index (χ4v) is 3.32. The zero-order valence-corrected chi connectivity index (χ0v) is 13.4. The third kappa shape index (κ3) is 3.32. The van der Waals surface area contributed by atoms with Crippen molar-refractivity contribution in [2.45, 2.75) is 6.92 Å². The third-order valence-corrected chi connectivity index (χ3v) is 4.76. The molecule has 2 atom stereocenters. The molecule has 0 saturated carbocycles. The molecule has 2 aliphatic heterocycles. The van der Waals surface area contributed by atoms with E-state index >= 15 is 0 Å². The van der Waals surface area contributed by atoms with Crippen molar-refractivity contribution < 1.29 is 14.3 Å². The number of ether oxygens (including phenoxy) is 1. The number of anilines is 1. The van der Waals surface area contributed by atoms with Crippen molar-refractivity contribution in [2.75, 3.05) is 44.3 Å². The largest absolute Gasteiger partial charge is 0.378 e. The molecule has 2 fully saturated rings. The lowest BCUT2D eigenvalue weighted by Crippen LogP contribution is -2.36. The van der Waals surface area contributed by atoms with Gasteiger partial charge in [-0.1, -0.05) is 6.92 Å². The van der Waals surface area contributed by atoms with Crippen molar-refractivity contribution in [2.24, 2.45) is 17.6 Å². The van der Waals surface area contributed by atoms with Crippen molar-refractivity contribution in [3.05, 3.63) is 29.8 Å². The second kappa shape index (κ2) is 6.58. The van der Waals surface area contributed by atoms with Gasteiger partial charge in [-0.25, -0.2) is 0 Å². The smallest absolute Gasteiger partial charge is 0.253 e. The molecule has 2 heterocycles. The SMILES string of the molecule is C[C@@H]1CN(C(=O)c2ccc(N3CCOCC3)cc2)C[C@H]1C(N)=O. The van der Waals surface area contributed by atoms with E-state index in [0.717, 1.165) is 32.0 Å². The van der Waals surface area contributed by atoms with Crippen molar-refractivity contribution in [1.82, 2.24) is 4.90 Å². The molecule has 0 aromatic heterocycles. The zero-order valence-electron chi connectivity index (χ0n) is 13.4. The standard InChI is InChI=1S/C17H23N3O3/c1-12-10-20(11-15(12)16(18)21)17(22)13-2-4-14(5-3-13)19-6-8-23-9-7-19/h2-5,12,15H,6-11H2,1H3,(H2,18,21)/t12-,15-/m1/s1. The average molecular weight is 317 g/mol. The van der Waals surface area contributed by atoms with Crippen LogP contribution in [0.15, 0.2) is 24.3 Å². The number of carbonyl (C=O) groups is 2. The predicted molar refractivity (Wildman–Crippen MR) is 87.2 cm³/mol. The van der Waals surface area contributed by atoms with E-state index in [9.17, 15) is 9.59 Å². The van der Waals surface area contributed by atoms with Gasteiger partial charge in [-0.2, -0.15) is 0 Å². The van der Waals surface area contributed by atoms with Crippen LogP contribution < -0.4 is 10.6 Å². The maximum absolute atomic E-state index is 12.6. The highest BCUT2D eigenvalue weighted by molar-refractivity contribution is 5.95. The van der Waals surface area contributed by atoms with Crippen molar-refractivity contribution >= 4 is 17.5 Å². The normalized spacial score (nSPS) is 24.7. The van der Waals surface area contributed by atoms with Gasteiger partial charge in [0.1, 0.15) is 0 Å². The number of nitrogens with zero attached hydrogens (tertiary/aromatic N) is 2. The molecule has 6 heteroatoms. The van der Waals surface area contributed by atoms with Crippen molar-refractivity contribution in [3.8, 4) is 0 Å². The van der Waals surface area contributed by atoms with Crippen molar-refractivity contribution in [1.29, 1.82) is 0 Å². The van der Waals surface area contributed by atoms with E-state index in [1.807, 2.05) is 31.2 Å². The predicted octanol–water partition coefficient (Wildman–Crippen LogP) is 0.717. The molecular weight excluding hydrogens is 294 g/mol. The zero-order chi connectivity index (χ0) is 16.4. The number of hydrogen-bond acceptors (Lipinski definition) is 4. The van der Waals surface area contributed by atoms with Gasteiger partial charge < -0.3 is 20.3 Å². The van der Waals surface area contributed by atoms with Gasteiger partial charge in [0, 0.05) is 37.4 Å². The molecule has 0 radical (unpaired) electrons. The Balaban J connectivity index is 1.67. The summed E-state index contributed by atoms with van der Waals surface area (Å²) in [6.07, 6.45) is 0. The summed E-state index contributed by atoms with van der Waals surface area (Å²) in [7, 11) is 0. The highest BCUT2D eigenvalue weighted by Gasteiger charge is 2.36. The highest BCUT2D eigenvalue weighted by Crippen LogP contribution is 2.25. The molecule has 0 spiro atoms. The summed E-state index contributed by atoms with van der Waals surface area (Å²) in [5.41, 5.74) is 7.16. The molecule has 124 valence electrons. The van der Waals surface area contributed by atoms with Crippen LogP contribution >= 0.6 is 0 Å². The van der Waals surface area contributed by atoms with Crippen LogP contribution in [0.5, 0.6) is 0 Å². The highest BCUT2D eigenvalue weighted by atomic mass is 16.5. The number of rotatable bonds is 3. The van der Waals surface area contributed by atoms with E-state index in [1.165, 1.54) is 0 Å². The van der Waals surface area contributed by atoms with Gasteiger partial charge in [-0.05, 0) is 30.2 Å². The number of likely N-dealkylation sites (tertiary alicyclic amines) is 1. The Morgan fingerprint density at radius 2 is 1.78 bits per heavy atom. The Bertz CT molecular complexity index is 581. The number of nitrogens with two attached hydrogens (primary N) is 1. The second-order valence-corrected chi connectivity index (χ2v) is 6.34. The molecule has 0 bridgehead atoms. The summed E-state index contributed by atoms with van der Waals surface area (Å²) in [4.78, 5) is 28.0. The molecule has 1 aromatic carbocycles. The molecule has 0 aliphatic carbocycles. The number of primary amides is 1. The van der Waals surface area contributed by atoms with Gasteiger partial charge in [0.15, 0.2) is 0 Å². The van der Waals surface area contributed by atoms with Crippen LogP contribution in [0, 0.1) is 11.8 Å². The van der Waals surface area contributed by atoms with E-state index in [1.54, 1.807) is 4.90 Å². The van der Waals surface area contributed by atoms with Gasteiger partial charge in [-0.15, -0.1) is 0 Å². The molecule has 3 rings (SSSR count). The second-order valence-electron chi connectivity index (χ2n) is 6.34. The Labute approximate surface area is 136 Å². The molecule has 6 nitrogen and oxygen atoms in total. The van der Waals surface area contributed by atoms with E-state index in [4.69, 9.17) is 10.5 Å². The number of morpholine rings is 1. The van der Waals surface area contributed by atoms with Gasteiger partial charge >= 0.3 is 0 Å². The number of benzene rings is 1. The molecule has 2 aliphatic rings. The first-order valence-electron chi connectivity index (χ1n) is 8.07. The molecule has 2 amide bonds. The minimum absolute atomic E-state index is 0.0332. The van der Waals surface area contributed by atoms with Crippen molar-refractivity contribution in [3.63, 3.8) is 0 Å². The summed E-state index contributed by atoms with van der Waals surface area (Å²) < 4.78 is 5.35. The van der Waals surface area contributed by atoms with E-state index < -0.39 is 0 Å². The molecule has 1 aromatic rings. The average Bonchev–Trinajstić information content (AvgIpc) is 2.97. The van der Waals surface area contributed by atoms with Crippen LogP contribution in [0.1, 0.15) is 17.3 Å². The first kappa shape index (κ1) is 15.8. The first-order chi connectivity index (χ1) is 11.1. The summed E-state index contributed by atoms with van der Waals surface area (Å²) in [6, 6.07) is 7.66. The summed E-state index contributed by atoms with van der Waals surface area (Å²) in [6.45, 7) is 6.18. The topological polar surface area (TPSA) is 75.9 Å². The number of hydrogen-bond donors (Lipinski definition) is 1. The number of amides is 2. The van der Waals surface area contributed by atoms with Gasteiger partial charge in [0.2, 0.25) is 5.91 Å². The summed E-state index contributed by atoms with van der Waals surface area (Å²) >= 11 is 0. The summed E-state index contributed by atoms with van der Waals surface area (Å²) in [5, 5.41) is 0. The molecule has 0 unspecified atom stereocenters. The number of carbonyl (C=O) groups excluding carboxylic acids is 2. The fraction of sp³-hybridized carbons (Fsp3) is 0.529. The lowest BCUT2D eigenvalue weighted by atomic mass is 9.98. The van der Waals surface area contributed by atoms with Gasteiger partial charge in [0.05, 0.1) is 19.1 Å². The lowest BCUT2D eigenvalue weighted by molar-refractivity contribution is -0.122. The summed E-state index contributed by atoms with van der Waals surface area (Å²) in [5.74, 6) is -0.486. The maximum atomic E-state index is 12.6. The Morgan fingerprint density at radius 1 is 1.13 bits per heavy atom. The van der Waals surface area contributed by atoms with Crippen LogP contribution in [0.3, 0.4) is 0 Å². The molecule has 23 heavy (non-hydrogen) atoms. The minimum atomic E-state index is -0.324. The van der Waals surface area contributed by atoms with Gasteiger partial charge in [0.25, 0.3) is 5.91 Å². The lowest BCUT2D eigenvalue weighted by Gasteiger charge is -2.29. The Hall–Kier alpha value is -2.08. The van der Waals surface area contributed by atoms with E-state index in [0.29, 0.717) is 18.7 Å². The van der Waals surface area contributed by atoms with Crippen LogP contribution in [-0.2, 0) is 9.53 Å². The first-order valence-corrected chi connectivity index (χ1v) is 8.07. The molecular formula is C17H23N3O3. The Morgan fingerprint density at radius 3 is 2.35 bits per heavy atom. The van der Waals surface area contributed by atoms with Crippen LogP contribution in [0.25, 0.3) is 0 Å². The van der Waals surface area contributed by atoms with Gasteiger partial charge in [-0.3, -0.25) is 9.59 Å². The third-order valence-electron chi connectivity index (χ3n) is 4.76. The van der Waals surface area contributed by atoms with E-state index in [-0.39, 0.29) is 23.7 Å². The molecule has 2 saturated heterocycles. The quantitative estimate of drug-likeness (QED) is 0.891. The fourth-order valence-electron chi connectivity index (χ4n) is 3.32. The van der Waals surface area contributed by atoms with Crippen LogP contribution in [0.4, 0.5) is 5.69 Å².